The quantitative estimate of drug-likeness (QED) is 0.555. The number of aromatic nitrogens is 6. The van der Waals surface area contributed by atoms with Gasteiger partial charge in [-0.05, 0) is 6.42 Å². The highest BCUT2D eigenvalue weighted by molar-refractivity contribution is 7.19. The van der Waals surface area contributed by atoms with Crippen LogP contribution in [0, 0.1) is 0 Å². The number of hydrogen-bond donors (Lipinski definition) is 0. The maximum absolute atomic E-state index is 6.53. The second-order valence-electron chi connectivity index (χ2n) is 5.47. The number of benzene rings is 1. The summed E-state index contributed by atoms with van der Waals surface area (Å²) in [6, 6.07) is 9.90. The van der Waals surface area contributed by atoms with Gasteiger partial charge in [0.15, 0.2) is 10.8 Å². The van der Waals surface area contributed by atoms with E-state index in [-0.39, 0.29) is 0 Å². The topological polar surface area (TPSA) is 60.9 Å². The van der Waals surface area contributed by atoms with Crippen molar-refractivity contribution in [2.75, 3.05) is 0 Å². The molecule has 24 heavy (non-hydrogen) atoms. The number of rotatable bonds is 4. The zero-order chi connectivity index (χ0) is 16.7. The SMILES string of the molecule is CCCc1nn(C)c(-c2nn3c(-c4ccccc4)nnc3s2)c1Cl. The smallest absolute Gasteiger partial charge is 0.235 e. The number of nitrogens with zero attached hydrogens (tertiary/aromatic N) is 6. The Hall–Kier alpha value is -2.25. The molecule has 8 heteroatoms. The largest absolute Gasteiger partial charge is 0.264 e. The molecule has 0 atom stereocenters. The standard InChI is InChI=1S/C16H15ClN6S/c1-3-7-11-12(17)13(22(2)20-11)15-21-23-14(18-19-16(23)24-15)10-8-5-4-6-9-10/h4-6,8-9H,3,7H2,1-2H3. The highest BCUT2D eigenvalue weighted by atomic mass is 35.5. The first-order chi connectivity index (χ1) is 11.7. The first-order valence-electron chi connectivity index (χ1n) is 7.68. The number of fused-ring (bicyclic) bond motifs is 1. The summed E-state index contributed by atoms with van der Waals surface area (Å²) in [6.45, 7) is 2.11. The lowest BCUT2D eigenvalue weighted by Crippen LogP contribution is -1.96. The highest BCUT2D eigenvalue weighted by Gasteiger charge is 2.21. The van der Waals surface area contributed by atoms with Crippen molar-refractivity contribution in [2.24, 2.45) is 7.05 Å². The predicted molar refractivity (Wildman–Crippen MR) is 95.3 cm³/mol. The Balaban J connectivity index is 1.84. The average molecular weight is 359 g/mol. The fourth-order valence-corrected chi connectivity index (χ4v) is 3.98. The van der Waals surface area contributed by atoms with Crippen molar-refractivity contribution < 1.29 is 0 Å². The predicted octanol–water partition coefficient (Wildman–Crippen LogP) is 3.86. The third-order valence-electron chi connectivity index (χ3n) is 3.77. The Morgan fingerprint density at radius 1 is 1.12 bits per heavy atom. The molecule has 0 amide bonds. The summed E-state index contributed by atoms with van der Waals surface area (Å²) in [7, 11) is 1.89. The minimum Gasteiger partial charge on any atom is -0.264 e. The van der Waals surface area contributed by atoms with Crippen LogP contribution in [0.1, 0.15) is 19.0 Å². The molecule has 0 N–H and O–H groups in total. The fraction of sp³-hybridized carbons (Fsp3) is 0.250. The van der Waals surface area contributed by atoms with Gasteiger partial charge in [-0.1, -0.05) is 66.6 Å². The molecule has 0 aliphatic carbocycles. The van der Waals surface area contributed by atoms with E-state index in [0.717, 1.165) is 45.6 Å². The van der Waals surface area contributed by atoms with Crippen molar-refractivity contribution in [2.45, 2.75) is 19.8 Å². The summed E-state index contributed by atoms with van der Waals surface area (Å²) in [6.07, 6.45) is 1.85. The van der Waals surface area contributed by atoms with Gasteiger partial charge in [-0.15, -0.1) is 10.2 Å². The third-order valence-corrected chi connectivity index (χ3v) is 5.07. The summed E-state index contributed by atoms with van der Waals surface area (Å²) in [5.74, 6) is 0.722. The molecule has 0 saturated heterocycles. The Labute approximate surface area is 147 Å². The van der Waals surface area contributed by atoms with E-state index in [9.17, 15) is 0 Å². The van der Waals surface area contributed by atoms with E-state index in [0.29, 0.717) is 5.02 Å². The Kier molecular flexibility index (Phi) is 3.82. The molecule has 0 fully saturated rings. The van der Waals surface area contributed by atoms with E-state index in [4.69, 9.17) is 11.6 Å². The zero-order valence-corrected chi connectivity index (χ0v) is 14.8. The van der Waals surface area contributed by atoms with Crippen LogP contribution in [0.4, 0.5) is 0 Å². The second kappa shape index (κ2) is 5.99. The van der Waals surface area contributed by atoms with Gasteiger partial charge >= 0.3 is 0 Å². The van der Waals surface area contributed by atoms with E-state index in [1.165, 1.54) is 11.3 Å². The van der Waals surface area contributed by atoms with Crippen molar-refractivity contribution in [1.82, 2.24) is 29.6 Å². The molecular weight excluding hydrogens is 344 g/mol. The van der Waals surface area contributed by atoms with Gasteiger partial charge in [0.2, 0.25) is 4.96 Å². The minimum absolute atomic E-state index is 0.672. The lowest BCUT2D eigenvalue weighted by atomic mass is 10.2. The summed E-state index contributed by atoms with van der Waals surface area (Å²) in [5, 5.41) is 19.1. The molecule has 0 saturated carbocycles. The van der Waals surface area contributed by atoms with Gasteiger partial charge in [0.05, 0.1) is 10.7 Å². The number of halogens is 1. The molecule has 3 aromatic heterocycles. The Bertz CT molecular complexity index is 1000. The van der Waals surface area contributed by atoms with Gasteiger partial charge in [0.1, 0.15) is 5.69 Å². The molecule has 4 rings (SSSR count). The van der Waals surface area contributed by atoms with Gasteiger partial charge in [0, 0.05) is 12.6 Å². The molecule has 0 aliphatic rings. The molecular formula is C16H15ClN6S. The molecule has 0 aliphatic heterocycles. The minimum atomic E-state index is 0.672. The summed E-state index contributed by atoms with van der Waals surface area (Å²) >= 11 is 7.99. The number of hydrogen-bond acceptors (Lipinski definition) is 5. The second-order valence-corrected chi connectivity index (χ2v) is 6.81. The van der Waals surface area contributed by atoms with Crippen molar-refractivity contribution in [3.63, 3.8) is 0 Å². The molecule has 122 valence electrons. The lowest BCUT2D eigenvalue weighted by molar-refractivity contribution is 0.737. The van der Waals surface area contributed by atoms with Crippen LogP contribution in [0.15, 0.2) is 30.3 Å². The van der Waals surface area contributed by atoms with Crippen molar-refractivity contribution in [3.8, 4) is 22.1 Å². The third kappa shape index (κ3) is 2.40. The molecule has 0 spiro atoms. The first-order valence-corrected chi connectivity index (χ1v) is 8.88. The summed E-state index contributed by atoms with van der Waals surface area (Å²) in [5.41, 5.74) is 2.71. The van der Waals surface area contributed by atoms with Crippen molar-refractivity contribution in [1.29, 1.82) is 0 Å². The monoisotopic (exact) mass is 358 g/mol. The van der Waals surface area contributed by atoms with Crippen LogP contribution < -0.4 is 0 Å². The fourth-order valence-electron chi connectivity index (χ4n) is 2.66. The normalized spacial score (nSPS) is 11.5. The maximum atomic E-state index is 6.53. The highest BCUT2D eigenvalue weighted by Crippen LogP contribution is 2.34. The molecule has 1 aromatic carbocycles. The Morgan fingerprint density at radius 3 is 2.67 bits per heavy atom. The van der Waals surface area contributed by atoms with Gasteiger partial charge in [-0.25, -0.2) is 0 Å². The van der Waals surface area contributed by atoms with Crippen LogP contribution in [0.5, 0.6) is 0 Å². The summed E-state index contributed by atoms with van der Waals surface area (Å²) < 4.78 is 3.55. The van der Waals surface area contributed by atoms with Crippen molar-refractivity contribution in [3.05, 3.63) is 41.0 Å². The average Bonchev–Trinajstić information content (AvgIpc) is 3.22. The van der Waals surface area contributed by atoms with Gasteiger partial charge in [0.25, 0.3) is 0 Å². The first kappa shape index (κ1) is 15.3. The zero-order valence-electron chi connectivity index (χ0n) is 13.3. The van der Waals surface area contributed by atoms with Crippen LogP contribution in [0.3, 0.4) is 0 Å². The van der Waals surface area contributed by atoms with E-state index in [1.54, 1.807) is 9.20 Å². The van der Waals surface area contributed by atoms with Crippen molar-refractivity contribution >= 4 is 27.9 Å². The van der Waals surface area contributed by atoms with E-state index in [1.807, 2.05) is 37.4 Å². The molecule has 3 heterocycles. The van der Waals surface area contributed by atoms with Crippen LogP contribution >= 0.6 is 22.9 Å². The molecule has 0 unspecified atom stereocenters. The Morgan fingerprint density at radius 2 is 1.92 bits per heavy atom. The maximum Gasteiger partial charge on any atom is 0.235 e. The van der Waals surface area contributed by atoms with Crippen LogP contribution in [0.2, 0.25) is 5.02 Å². The van der Waals surface area contributed by atoms with Gasteiger partial charge < -0.3 is 0 Å². The molecule has 0 radical (unpaired) electrons. The molecule has 6 nitrogen and oxygen atoms in total. The van der Waals surface area contributed by atoms with Gasteiger partial charge in [-0.3, -0.25) is 4.68 Å². The summed E-state index contributed by atoms with van der Waals surface area (Å²) in [4.78, 5) is 0.734. The number of aryl methyl sites for hydroxylation is 2. The van der Waals surface area contributed by atoms with E-state index < -0.39 is 0 Å². The molecule has 0 bridgehead atoms. The van der Waals surface area contributed by atoms with Crippen LogP contribution in [-0.4, -0.2) is 29.6 Å². The lowest BCUT2D eigenvalue weighted by Gasteiger charge is -1.98. The molecule has 4 aromatic rings. The van der Waals surface area contributed by atoms with Gasteiger partial charge in [-0.2, -0.15) is 14.7 Å². The van der Waals surface area contributed by atoms with E-state index in [2.05, 4.69) is 27.3 Å². The van der Waals surface area contributed by atoms with Crippen LogP contribution in [-0.2, 0) is 13.5 Å². The van der Waals surface area contributed by atoms with Crippen LogP contribution in [0.25, 0.3) is 27.1 Å². The van der Waals surface area contributed by atoms with E-state index >= 15 is 0 Å².